The van der Waals surface area contributed by atoms with Crippen LogP contribution in [0.5, 0.6) is 0 Å². The second kappa shape index (κ2) is 5.47. The van der Waals surface area contributed by atoms with E-state index in [-0.39, 0.29) is 0 Å². The maximum absolute atomic E-state index is 4.50. The zero-order chi connectivity index (χ0) is 10.4. The third-order valence-corrected chi connectivity index (χ3v) is 2.19. The Morgan fingerprint density at radius 3 is 2.71 bits per heavy atom. The fourth-order valence-corrected chi connectivity index (χ4v) is 1.44. The van der Waals surface area contributed by atoms with Crippen molar-refractivity contribution in [1.29, 1.82) is 0 Å². The van der Waals surface area contributed by atoms with Crippen molar-refractivity contribution in [3.8, 4) is 0 Å². The Labute approximate surface area is 86.2 Å². The molecule has 0 aromatic carbocycles. The molecule has 3 nitrogen and oxygen atoms in total. The predicted octanol–water partition coefficient (Wildman–Crippen LogP) is 2.36. The van der Waals surface area contributed by atoms with Gasteiger partial charge in [-0.1, -0.05) is 13.0 Å². The quantitative estimate of drug-likeness (QED) is 0.778. The van der Waals surface area contributed by atoms with Crippen LogP contribution in [0.4, 0.5) is 11.6 Å². The van der Waals surface area contributed by atoms with Crippen LogP contribution >= 0.6 is 0 Å². The third-order valence-electron chi connectivity index (χ3n) is 2.19. The summed E-state index contributed by atoms with van der Waals surface area (Å²) in [4.78, 5) is 6.77. The Morgan fingerprint density at radius 2 is 2.14 bits per heavy atom. The largest absolute Gasteiger partial charge is 0.373 e. The van der Waals surface area contributed by atoms with E-state index in [0.717, 1.165) is 31.1 Å². The summed E-state index contributed by atoms with van der Waals surface area (Å²) in [7, 11) is 1.89. The fourth-order valence-electron chi connectivity index (χ4n) is 1.44. The number of nitrogens with one attached hydrogen (secondary N) is 1. The molecule has 3 heteroatoms. The molecule has 0 aliphatic rings. The first kappa shape index (κ1) is 10.8. The summed E-state index contributed by atoms with van der Waals surface area (Å²) < 4.78 is 0. The summed E-state index contributed by atoms with van der Waals surface area (Å²) >= 11 is 0. The molecule has 0 amide bonds. The summed E-state index contributed by atoms with van der Waals surface area (Å²) in [5.74, 6) is 1.98. The Hall–Kier alpha value is -1.25. The molecular formula is C11H19N3. The number of pyridine rings is 1. The molecule has 0 bridgehead atoms. The summed E-state index contributed by atoms with van der Waals surface area (Å²) in [6, 6.07) is 6.07. The van der Waals surface area contributed by atoms with Crippen LogP contribution in [0.15, 0.2) is 18.2 Å². The maximum Gasteiger partial charge on any atom is 0.130 e. The van der Waals surface area contributed by atoms with Crippen LogP contribution in [0.2, 0.25) is 0 Å². The zero-order valence-corrected chi connectivity index (χ0v) is 9.25. The second-order valence-electron chi connectivity index (χ2n) is 3.21. The molecule has 1 aromatic heterocycles. The van der Waals surface area contributed by atoms with Crippen molar-refractivity contribution in [1.82, 2.24) is 4.98 Å². The molecule has 0 spiro atoms. The van der Waals surface area contributed by atoms with E-state index in [1.807, 2.05) is 19.2 Å². The Balaban J connectivity index is 2.80. The van der Waals surface area contributed by atoms with Gasteiger partial charge in [0, 0.05) is 20.1 Å². The van der Waals surface area contributed by atoms with Crippen LogP contribution in [-0.4, -0.2) is 25.1 Å². The lowest BCUT2D eigenvalue weighted by Gasteiger charge is -2.21. The van der Waals surface area contributed by atoms with Gasteiger partial charge < -0.3 is 10.2 Å². The Morgan fingerprint density at radius 1 is 1.36 bits per heavy atom. The van der Waals surface area contributed by atoms with Crippen molar-refractivity contribution < 1.29 is 0 Å². The average molecular weight is 193 g/mol. The molecule has 0 fully saturated rings. The van der Waals surface area contributed by atoms with E-state index in [0.29, 0.717) is 0 Å². The smallest absolute Gasteiger partial charge is 0.130 e. The van der Waals surface area contributed by atoms with Crippen molar-refractivity contribution in [2.75, 3.05) is 30.4 Å². The van der Waals surface area contributed by atoms with Crippen molar-refractivity contribution >= 4 is 11.6 Å². The lowest BCUT2D eigenvalue weighted by molar-refractivity contribution is 0.779. The third kappa shape index (κ3) is 2.62. The first-order chi connectivity index (χ1) is 6.81. The highest BCUT2D eigenvalue weighted by molar-refractivity contribution is 5.46. The van der Waals surface area contributed by atoms with Crippen LogP contribution in [0, 0.1) is 0 Å². The molecule has 0 saturated heterocycles. The van der Waals surface area contributed by atoms with Gasteiger partial charge in [-0.2, -0.15) is 0 Å². The van der Waals surface area contributed by atoms with E-state index in [4.69, 9.17) is 0 Å². The number of aromatic nitrogens is 1. The van der Waals surface area contributed by atoms with Gasteiger partial charge in [-0.15, -0.1) is 0 Å². The molecule has 1 N–H and O–H groups in total. The van der Waals surface area contributed by atoms with Crippen LogP contribution < -0.4 is 10.2 Å². The molecule has 78 valence electrons. The van der Waals surface area contributed by atoms with Crippen LogP contribution in [0.3, 0.4) is 0 Å². The SMILES string of the molecule is CCCN(CC)c1cccc(NC)n1. The lowest BCUT2D eigenvalue weighted by Crippen LogP contribution is -2.24. The van der Waals surface area contributed by atoms with Crippen molar-refractivity contribution in [2.24, 2.45) is 0 Å². The summed E-state index contributed by atoms with van der Waals surface area (Å²) in [5, 5.41) is 3.05. The number of hydrogen-bond acceptors (Lipinski definition) is 3. The van der Waals surface area contributed by atoms with Crippen LogP contribution in [0.25, 0.3) is 0 Å². The maximum atomic E-state index is 4.50. The summed E-state index contributed by atoms with van der Waals surface area (Å²) in [6.45, 7) is 6.42. The van der Waals surface area contributed by atoms with E-state index in [2.05, 4.69) is 35.1 Å². The first-order valence-electron chi connectivity index (χ1n) is 5.21. The Kier molecular flexibility index (Phi) is 4.23. The highest BCUT2D eigenvalue weighted by atomic mass is 15.2. The number of hydrogen-bond donors (Lipinski definition) is 1. The van der Waals surface area contributed by atoms with Gasteiger partial charge in [-0.25, -0.2) is 4.98 Å². The van der Waals surface area contributed by atoms with Gasteiger partial charge in [0.2, 0.25) is 0 Å². The molecule has 0 atom stereocenters. The topological polar surface area (TPSA) is 28.2 Å². The number of anilines is 2. The molecule has 0 aliphatic carbocycles. The molecular weight excluding hydrogens is 174 g/mol. The van der Waals surface area contributed by atoms with Crippen molar-refractivity contribution in [2.45, 2.75) is 20.3 Å². The van der Waals surface area contributed by atoms with Crippen LogP contribution in [0.1, 0.15) is 20.3 Å². The van der Waals surface area contributed by atoms with Gasteiger partial charge in [0.25, 0.3) is 0 Å². The minimum Gasteiger partial charge on any atom is -0.373 e. The molecule has 0 saturated carbocycles. The second-order valence-corrected chi connectivity index (χ2v) is 3.21. The van der Waals surface area contributed by atoms with E-state index in [1.165, 1.54) is 0 Å². The average Bonchev–Trinajstić information content (AvgIpc) is 2.26. The molecule has 1 aromatic rings. The molecule has 0 aliphatic heterocycles. The van der Waals surface area contributed by atoms with E-state index in [1.54, 1.807) is 0 Å². The monoisotopic (exact) mass is 193 g/mol. The van der Waals surface area contributed by atoms with Gasteiger partial charge in [0.1, 0.15) is 11.6 Å². The Bertz CT molecular complexity index is 273. The van der Waals surface area contributed by atoms with Gasteiger partial charge in [0.15, 0.2) is 0 Å². The van der Waals surface area contributed by atoms with Gasteiger partial charge >= 0.3 is 0 Å². The molecule has 0 radical (unpaired) electrons. The molecule has 14 heavy (non-hydrogen) atoms. The number of nitrogens with zero attached hydrogens (tertiary/aromatic N) is 2. The van der Waals surface area contributed by atoms with Crippen molar-refractivity contribution in [3.05, 3.63) is 18.2 Å². The zero-order valence-electron chi connectivity index (χ0n) is 9.25. The van der Waals surface area contributed by atoms with Gasteiger partial charge in [-0.05, 0) is 25.5 Å². The van der Waals surface area contributed by atoms with Gasteiger partial charge in [-0.3, -0.25) is 0 Å². The normalized spacial score (nSPS) is 9.93. The first-order valence-corrected chi connectivity index (χ1v) is 5.21. The lowest BCUT2D eigenvalue weighted by atomic mass is 10.3. The highest BCUT2D eigenvalue weighted by Crippen LogP contribution is 2.13. The van der Waals surface area contributed by atoms with E-state index >= 15 is 0 Å². The molecule has 0 unspecified atom stereocenters. The van der Waals surface area contributed by atoms with E-state index < -0.39 is 0 Å². The fraction of sp³-hybridized carbons (Fsp3) is 0.545. The van der Waals surface area contributed by atoms with Crippen molar-refractivity contribution in [3.63, 3.8) is 0 Å². The highest BCUT2D eigenvalue weighted by Gasteiger charge is 2.04. The minimum atomic E-state index is 0.928. The summed E-state index contributed by atoms with van der Waals surface area (Å²) in [5.41, 5.74) is 0. The standard InChI is InChI=1S/C11H19N3/c1-4-9-14(5-2)11-8-6-7-10(12-3)13-11/h6-8H,4-5,9H2,1-3H3,(H,12,13). The molecule has 1 heterocycles. The van der Waals surface area contributed by atoms with Crippen LogP contribution in [-0.2, 0) is 0 Å². The predicted molar refractivity (Wildman–Crippen MR) is 62.0 cm³/mol. The number of rotatable bonds is 5. The minimum absolute atomic E-state index is 0.928. The van der Waals surface area contributed by atoms with Gasteiger partial charge in [0.05, 0.1) is 0 Å². The van der Waals surface area contributed by atoms with E-state index in [9.17, 15) is 0 Å². The molecule has 1 rings (SSSR count). The summed E-state index contributed by atoms with van der Waals surface area (Å²) in [6.07, 6.45) is 1.15.